The summed E-state index contributed by atoms with van der Waals surface area (Å²) < 4.78 is 1.67. The highest BCUT2D eigenvalue weighted by atomic mass is 35.5. The van der Waals surface area contributed by atoms with Crippen LogP contribution in [0.15, 0.2) is 12.4 Å². The van der Waals surface area contributed by atoms with Crippen molar-refractivity contribution in [2.45, 2.75) is 13.5 Å². The van der Waals surface area contributed by atoms with Crippen LogP contribution in [0.3, 0.4) is 0 Å². The Hall–Kier alpha value is -2.02. The molecule has 2 rings (SSSR count). The molecule has 0 aliphatic carbocycles. The molecule has 7 nitrogen and oxygen atoms in total. The molecular weight excluding hydrogens is 256 g/mol. The summed E-state index contributed by atoms with van der Waals surface area (Å²) in [5.74, 6) is 0.941. The third-order valence-electron chi connectivity index (χ3n) is 2.23. The number of anilines is 1. The lowest BCUT2D eigenvalue weighted by Gasteiger charge is -2.09. The number of aryl methyl sites for hydroxylation is 1. The van der Waals surface area contributed by atoms with E-state index < -0.39 is 0 Å². The quantitative estimate of drug-likeness (QED) is 0.641. The topological polar surface area (TPSA) is 85.6 Å². The lowest BCUT2D eigenvalue weighted by molar-refractivity contribution is 0.112. The first kappa shape index (κ1) is 12.4. The fraction of sp³-hybridized carbons (Fsp3) is 0.300. The molecule has 0 unspecified atom stereocenters. The summed E-state index contributed by atoms with van der Waals surface area (Å²) in [5, 5.41) is 10.7. The normalized spacial score (nSPS) is 10.3. The highest BCUT2D eigenvalue weighted by Crippen LogP contribution is 2.18. The van der Waals surface area contributed by atoms with Crippen LogP contribution in [0.25, 0.3) is 0 Å². The minimum absolute atomic E-state index is 0.153. The van der Waals surface area contributed by atoms with E-state index in [1.54, 1.807) is 24.0 Å². The average molecular weight is 267 g/mol. The number of carbonyl (C=O) groups is 1. The lowest BCUT2D eigenvalue weighted by atomic mass is 10.3. The summed E-state index contributed by atoms with van der Waals surface area (Å²) in [4.78, 5) is 19.0. The second-order valence-corrected chi connectivity index (χ2v) is 3.89. The second-order valence-electron chi connectivity index (χ2n) is 3.53. The number of rotatable bonds is 5. The van der Waals surface area contributed by atoms with Crippen LogP contribution in [0.5, 0.6) is 0 Å². The van der Waals surface area contributed by atoms with E-state index in [1.807, 2.05) is 0 Å². The van der Waals surface area contributed by atoms with Crippen molar-refractivity contribution < 1.29 is 4.79 Å². The molecule has 1 N–H and O–H groups in total. The van der Waals surface area contributed by atoms with Gasteiger partial charge in [-0.2, -0.15) is 0 Å². The number of hydrogen-bond acceptors (Lipinski definition) is 6. The Kier molecular flexibility index (Phi) is 3.83. The maximum absolute atomic E-state index is 10.9. The first-order chi connectivity index (χ1) is 8.70. The number of aromatic nitrogens is 5. The van der Waals surface area contributed by atoms with E-state index in [9.17, 15) is 4.79 Å². The van der Waals surface area contributed by atoms with Crippen molar-refractivity contribution in [3.05, 3.63) is 28.9 Å². The van der Waals surface area contributed by atoms with Gasteiger partial charge in [-0.3, -0.25) is 9.48 Å². The Balaban J connectivity index is 2.06. The predicted octanol–water partition coefficient (Wildman–Crippen LogP) is 0.955. The fourth-order valence-electron chi connectivity index (χ4n) is 1.43. The van der Waals surface area contributed by atoms with Gasteiger partial charge in [-0.25, -0.2) is 9.97 Å². The summed E-state index contributed by atoms with van der Waals surface area (Å²) in [6, 6.07) is 0. The van der Waals surface area contributed by atoms with Gasteiger partial charge in [0.2, 0.25) is 0 Å². The maximum Gasteiger partial charge on any atom is 0.156 e. The zero-order chi connectivity index (χ0) is 13.0. The molecule has 2 aromatic rings. The molecule has 2 heterocycles. The Morgan fingerprint density at radius 2 is 2.33 bits per heavy atom. The zero-order valence-corrected chi connectivity index (χ0v) is 10.4. The number of aldehydes is 1. The van der Waals surface area contributed by atoms with Crippen LogP contribution in [0.1, 0.15) is 16.2 Å². The minimum Gasteiger partial charge on any atom is -0.367 e. The van der Waals surface area contributed by atoms with Crippen molar-refractivity contribution in [1.29, 1.82) is 0 Å². The van der Waals surface area contributed by atoms with Gasteiger partial charge >= 0.3 is 0 Å². The summed E-state index contributed by atoms with van der Waals surface area (Å²) in [6.07, 6.45) is 3.99. The van der Waals surface area contributed by atoms with E-state index >= 15 is 0 Å². The highest BCUT2D eigenvalue weighted by Gasteiger charge is 2.10. The number of hydrogen-bond donors (Lipinski definition) is 1. The zero-order valence-electron chi connectivity index (χ0n) is 9.67. The largest absolute Gasteiger partial charge is 0.367 e. The monoisotopic (exact) mass is 266 g/mol. The third kappa shape index (κ3) is 2.80. The number of carbonyl (C=O) groups excluding carboxylic acids is 1. The molecule has 0 fully saturated rings. The Bertz CT molecular complexity index is 542. The van der Waals surface area contributed by atoms with E-state index in [-0.39, 0.29) is 10.7 Å². The van der Waals surface area contributed by atoms with Crippen molar-refractivity contribution in [3.8, 4) is 0 Å². The molecule has 0 saturated heterocycles. The van der Waals surface area contributed by atoms with Crippen LogP contribution in [-0.4, -0.2) is 37.8 Å². The number of halogens is 1. The van der Waals surface area contributed by atoms with Gasteiger partial charge in [0.15, 0.2) is 6.29 Å². The van der Waals surface area contributed by atoms with Crippen LogP contribution in [0.2, 0.25) is 5.15 Å². The van der Waals surface area contributed by atoms with Gasteiger partial charge < -0.3 is 5.32 Å². The molecule has 2 aromatic heterocycles. The summed E-state index contributed by atoms with van der Waals surface area (Å²) in [5.41, 5.74) is 0.265. The third-order valence-corrected chi connectivity index (χ3v) is 2.52. The fourth-order valence-corrected chi connectivity index (χ4v) is 1.68. The molecule has 18 heavy (non-hydrogen) atoms. The van der Waals surface area contributed by atoms with Crippen LogP contribution in [-0.2, 0) is 6.54 Å². The molecule has 0 bridgehead atoms. The molecule has 0 saturated carbocycles. The molecule has 0 amide bonds. The van der Waals surface area contributed by atoms with E-state index in [4.69, 9.17) is 11.6 Å². The molecule has 94 valence electrons. The molecule has 0 atom stereocenters. The van der Waals surface area contributed by atoms with Gasteiger partial charge in [-0.05, 0) is 6.92 Å². The summed E-state index contributed by atoms with van der Waals surface area (Å²) in [7, 11) is 0. The van der Waals surface area contributed by atoms with Gasteiger partial charge in [0.25, 0.3) is 0 Å². The van der Waals surface area contributed by atoms with Gasteiger partial charge in [-0.15, -0.1) is 5.10 Å². The molecule has 0 radical (unpaired) electrons. The standard InChI is InChI=1S/C10H11ClN6O/c1-7-14-9(11)8(6-18)10(15-7)12-2-4-17-5-3-13-16-17/h3,5-6H,2,4H2,1H3,(H,12,14,15). The lowest BCUT2D eigenvalue weighted by Crippen LogP contribution is -2.14. The second kappa shape index (κ2) is 5.54. The van der Waals surface area contributed by atoms with E-state index in [2.05, 4.69) is 25.6 Å². The number of nitrogens with zero attached hydrogens (tertiary/aromatic N) is 5. The SMILES string of the molecule is Cc1nc(Cl)c(C=O)c(NCCn2ccnn2)n1. The maximum atomic E-state index is 10.9. The van der Waals surface area contributed by atoms with Crippen LogP contribution < -0.4 is 5.32 Å². The van der Waals surface area contributed by atoms with Gasteiger partial charge in [0.05, 0.1) is 18.3 Å². The molecule has 0 spiro atoms. The molecule has 0 aromatic carbocycles. The Morgan fingerprint density at radius 3 is 3.00 bits per heavy atom. The van der Waals surface area contributed by atoms with Crippen molar-refractivity contribution in [2.75, 3.05) is 11.9 Å². The Morgan fingerprint density at radius 1 is 1.50 bits per heavy atom. The van der Waals surface area contributed by atoms with Gasteiger partial charge in [0, 0.05) is 12.7 Å². The summed E-state index contributed by atoms with van der Waals surface area (Å²) >= 11 is 5.86. The van der Waals surface area contributed by atoms with E-state index in [1.165, 1.54) is 0 Å². The van der Waals surface area contributed by atoms with Crippen LogP contribution >= 0.6 is 11.6 Å². The molecule has 0 aliphatic heterocycles. The molecule has 0 aliphatic rings. The van der Waals surface area contributed by atoms with Gasteiger partial charge in [0.1, 0.15) is 16.8 Å². The minimum atomic E-state index is 0.153. The summed E-state index contributed by atoms with van der Waals surface area (Å²) in [6.45, 7) is 2.87. The average Bonchev–Trinajstić information content (AvgIpc) is 2.81. The first-order valence-electron chi connectivity index (χ1n) is 5.28. The Labute approximate surface area is 108 Å². The predicted molar refractivity (Wildman–Crippen MR) is 65.7 cm³/mol. The van der Waals surface area contributed by atoms with Gasteiger partial charge in [-0.1, -0.05) is 16.8 Å². The number of nitrogens with one attached hydrogen (secondary N) is 1. The first-order valence-corrected chi connectivity index (χ1v) is 5.66. The van der Waals surface area contributed by atoms with Crippen LogP contribution in [0, 0.1) is 6.92 Å². The van der Waals surface area contributed by atoms with E-state index in [0.717, 1.165) is 0 Å². The highest BCUT2D eigenvalue weighted by molar-refractivity contribution is 6.32. The van der Waals surface area contributed by atoms with Crippen molar-refractivity contribution in [3.63, 3.8) is 0 Å². The van der Waals surface area contributed by atoms with Crippen molar-refractivity contribution in [2.24, 2.45) is 0 Å². The van der Waals surface area contributed by atoms with Crippen LogP contribution in [0.4, 0.5) is 5.82 Å². The van der Waals surface area contributed by atoms with Crippen molar-refractivity contribution in [1.82, 2.24) is 25.0 Å². The smallest absolute Gasteiger partial charge is 0.156 e. The molecule has 8 heteroatoms. The molecular formula is C10H11ClN6O. The van der Waals surface area contributed by atoms with E-state index in [0.29, 0.717) is 31.0 Å². The van der Waals surface area contributed by atoms with Crippen molar-refractivity contribution >= 4 is 23.7 Å².